The monoisotopic (exact) mass is 290 g/mol. The third kappa shape index (κ3) is 3.20. The lowest BCUT2D eigenvalue weighted by atomic mass is 9.84. The van der Waals surface area contributed by atoms with E-state index in [0.717, 1.165) is 30.4 Å². The van der Waals surface area contributed by atoms with Crippen LogP contribution >= 0.6 is 0 Å². The van der Waals surface area contributed by atoms with Crippen molar-refractivity contribution in [3.05, 3.63) is 23.3 Å². The molecule has 0 saturated heterocycles. The highest BCUT2D eigenvalue weighted by Crippen LogP contribution is 2.39. The Morgan fingerprint density at radius 1 is 1.10 bits per heavy atom. The molecule has 4 nitrogen and oxygen atoms in total. The summed E-state index contributed by atoms with van der Waals surface area (Å²) in [6.07, 6.45) is 4.80. The third-order valence-corrected chi connectivity index (χ3v) is 3.88. The first-order valence-electron chi connectivity index (χ1n) is 7.15. The first kappa shape index (κ1) is 15.4. The van der Waals surface area contributed by atoms with Crippen LogP contribution in [0.5, 0.6) is 17.2 Å². The van der Waals surface area contributed by atoms with Gasteiger partial charge in [0.25, 0.3) is 0 Å². The predicted molar refractivity (Wildman–Crippen MR) is 82.1 cm³/mol. The molecule has 1 aliphatic carbocycles. The lowest BCUT2D eigenvalue weighted by Crippen LogP contribution is -2.18. The molecule has 1 aromatic carbocycles. The highest BCUT2D eigenvalue weighted by atomic mass is 16.5. The van der Waals surface area contributed by atoms with Gasteiger partial charge in [-0.25, -0.2) is 0 Å². The van der Waals surface area contributed by atoms with Crippen LogP contribution in [0.25, 0.3) is 6.08 Å². The summed E-state index contributed by atoms with van der Waals surface area (Å²) in [5, 5.41) is 0. The van der Waals surface area contributed by atoms with Gasteiger partial charge in [-0.3, -0.25) is 4.79 Å². The Bertz CT molecular complexity index is 535. The van der Waals surface area contributed by atoms with Gasteiger partial charge < -0.3 is 14.2 Å². The Kier molecular flexibility index (Phi) is 4.89. The molecule has 2 rings (SSSR count). The van der Waals surface area contributed by atoms with Crippen LogP contribution in [0.15, 0.2) is 17.7 Å². The minimum Gasteiger partial charge on any atom is -0.493 e. The summed E-state index contributed by atoms with van der Waals surface area (Å²) in [7, 11) is 4.74. The van der Waals surface area contributed by atoms with Crippen LogP contribution in [0.4, 0.5) is 0 Å². The molecular weight excluding hydrogens is 268 g/mol. The van der Waals surface area contributed by atoms with Crippen LogP contribution < -0.4 is 14.2 Å². The summed E-state index contributed by atoms with van der Waals surface area (Å²) >= 11 is 0. The summed E-state index contributed by atoms with van der Waals surface area (Å²) in [5.74, 6) is 2.12. The van der Waals surface area contributed by atoms with Gasteiger partial charge in [0.2, 0.25) is 5.75 Å². The van der Waals surface area contributed by atoms with Gasteiger partial charge in [0.1, 0.15) is 0 Å². The number of ether oxygens (including phenoxy) is 3. The third-order valence-electron chi connectivity index (χ3n) is 3.88. The molecule has 1 aromatic rings. The molecule has 0 spiro atoms. The van der Waals surface area contributed by atoms with Crippen molar-refractivity contribution in [1.29, 1.82) is 0 Å². The lowest BCUT2D eigenvalue weighted by Gasteiger charge is -2.19. The predicted octanol–water partition coefficient (Wildman–Crippen LogP) is 3.48. The SMILES string of the molecule is COc1cc(/C=C2\CCC[C@H](C)C2=O)cc(OC)c1OC. The van der Waals surface area contributed by atoms with Crippen molar-refractivity contribution in [3.63, 3.8) is 0 Å². The fraction of sp³-hybridized carbons (Fsp3) is 0.471. The molecule has 0 bridgehead atoms. The van der Waals surface area contributed by atoms with Crippen molar-refractivity contribution >= 4 is 11.9 Å². The van der Waals surface area contributed by atoms with E-state index in [9.17, 15) is 4.79 Å². The van der Waals surface area contributed by atoms with Crippen molar-refractivity contribution in [2.75, 3.05) is 21.3 Å². The molecular formula is C17H22O4. The van der Waals surface area contributed by atoms with E-state index in [-0.39, 0.29) is 11.7 Å². The molecule has 1 aliphatic rings. The topological polar surface area (TPSA) is 44.8 Å². The summed E-state index contributed by atoms with van der Waals surface area (Å²) in [5.41, 5.74) is 1.77. The lowest BCUT2D eigenvalue weighted by molar-refractivity contribution is -0.119. The van der Waals surface area contributed by atoms with E-state index in [1.54, 1.807) is 21.3 Å². The van der Waals surface area contributed by atoms with Gasteiger partial charge in [-0.15, -0.1) is 0 Å². The fourth-order valence-electron chi connectivity index (χ4n) is 2.70. The number of benzene rings is 1. The zero-order valence-electron chi connectivity index (χ0n) is 13.1. The number of Topliss-reactive ketones (excluding diaryl/α,β-unsaturated/α-hetero) is 1. The Morgan fingerprint density at radius 3 is 2.24 bits per heavy atom. The second-order valence-electron chi connectivity index (χ2n) is 5.29. The van der Waals surface area contributed by atoms with Gasteiger partial charge in [-0.05, 0) is 48.6 Å². The normalized spacial score (nSPS) is 20.5. The van der Waals surface area contributed by atoms with Crippen LogP contribution in [0.1, 0.15) is 31.7 Å². The largest absolute Gasteiger partial charge is 0.493 e. The Hall–Kier alpha value is -1.97. The number of methoxy groups -OCH3 is 3. The molecule has 0 unspecified atom stereocenters. The number of allylic oxidation sites excluding steroid dienone is 1. The molecule has 114 valence electrons. The maximum Gasteiger partial charge on any atom is 0.203 e. The maximum atomic E-state index is 12.2. The number of carbonyl (C=O) groups excluding carboxylic acids is 1. The summed E-state index contributed by atoms with van der Waals surface area (Å²) in [6, 6.07) is 3.72. The highest BCUT2D eigenvalue weighted by Gasteiger charge is 2.22. The maximum absolute atomic E-state index is 12.2. The Labute approximate surface area is 125 Å². The van der Waals surface area contributed by atoms with Gasteiger partial charge >= 0.3 is 0 Å². The van der Waals surface area contributed by atoms with Crippen molar-refractivity contribution in [2.45, 2.75) is 26.2 Å². The number of rotatable bonds is 4. The molecule has 0 radical (unpaired) electrons. The number of hydrogen-bond donors (Lipinski definition) is 0. The minimum absolute atomic E-state index is 0.118. The van der Waals surface area contributed by atoms with Crippen molar-refractivity contribution < 1.29 is 19.0 Å². The van der Waals surface area contributed by atoms with E-state index in [2.05, 4.69) is 0 Å². The quantitative estimate of drug-likeness (QED) is 0.796. The van der Waals surface area contributed by atoms with E-state index < -0.39 is 0 Å². The summed E-state index contributed by atoms with van der Waals surface area (Å²) in [6.45, 7) is 1.99. The molecule has 4 heteroatoms. The minimum atomic E-state index is 0.118. The number of ketones is 1. The second kappa shape index (κ2) is 6.66. The number of carbonyl (C=O) groups is 1. The first-order valence-corrected chi connectivity index (χ1v) is 7.15. The highest BCUT2D eigenvalue weighted by molar-refractivity contribution is 6.01. The molecule has 0 amide bonds. The molecule has 1 atom stereocenters. The van der Waals surface area contributed by atoms with Crippen LogP contribution in [0, 0.1) is 5.92 Å². The molecule has 21 heavy (non-hydrogen) atoms. The van der Waals surface area contributed by atoms with Crippen LogP contribution in [-0.2, 0) is 4.79 Å². The van der Waals surface area contributed by atoms with Gasteiger partial charge in [0.15, 0.2) is 17.3 Å². The molecule has 0 aliphatic heterocycles. The van der Waals surface area contributed by atoms with Gasteiger partial charge in [0, 0.05) is 5.92 Å². The van der Waals surface area contributed by atoms with Crippen molar-refractivity contribution in [3.8, 4) is 17.2 Å². The van der Waals surface area contributed by atoms with Crippen LogP contribution in [0.3, 0.4) is 0 Å². The smallest absolute Gasteiger partial charge is 0.203 e. The second-order valence-corrected chi connectivity index (χ2v) is 5.29. The molecule has 0 N–H and O–H groups in total. The molecule has 0 heterocycles. The van der Waals surface area contributed by atoms with Gasteiger partial charge in [0.05, 0.1) is 21.3 Å². The summed E-state index contributed by atoms with van der Waals surface area (Å²) < 4.78 is 16.0. The molecule has 1 saturated carbocycles. The van der Waals surface area contributed by atoms with Crippen LogP contribution in [0.2, 0.25) is 0 Å². The number of hydrogen-bond acceptors (Lipinski definition) is 4. The van der Waals surface area contributed by atoms with Crippen molar-refractivity contribution in [2.24, 2.45) is 5.92 Å². The van der Waals surface area contributed by atoms with Crippen LogP contribution in [-0.4, -0.2) is 27.1 Å². The van der Waals surface area contributed by atoms with Crippen molar-refractivity contribution in [1.82, 2.24) is 0 Å². The van der Waals surface area contributed by atoms with E-state index in [1.165, 1.54) is 0 Å². The van der Waals surface area contributed by atoms with E-state index >= 15 is 0 Å². The summed E-state index contributed by atoms with van der Waals surface area (Å²) in [4.78, 5) is 12.2. The standard InChI is InChI=1S/C17H22O4/c1-11-6-5-7-13(16(11)18)8-12-9-14(19-2)17(21-4)15(10-12)20-3/h8-11H,5-7H2,1-4H3/b13-8+/t11-/m0/s1. The zero-order chi connectivity index (χ0) is 15.4. The van der Waals surface area contributed by atoms with E-state index in [1.807, 2.05) is 25.1 Å². The Morgan fingerprint density at radius 2 is 1.71 bits per heavy atom. The van der Waals surface area contributed by atoms with E-state index in [0.29, 0.717) is 17.2 Å². The Balaban J connectivity index is 2.42. The average molecular weight is 290 g/mol. The van der Waals surface area contributed by atoms with E-state index in [4.69, 9.17) is 14.2 Å². The first-order chi connectivity index (χ1) is 10.1. The van der Waals surface area contributed by atoms with Gasteiger partial charge in [-0.1, -0.05) is 6.92 Å². The fourth-order valence-corrected chi connectivity index (χ4v) is 2.70. The average Bonchev–Trinajstić information content (AvgIpc) is 2.50. The zero-order valence-corrected chi connectivity index (χ0v) is 13.1. The molecule has 1 fully saturated rings. The molecule has 0 aromatic heterocycles. The van der Waals surface area contributed by atoms with Gasteiger partial charge in [-0.2, -0.15) is 0 Å².